The summed E-state index contributed by atoms with van der Waals surface area (Å²) in [6.45, 7) is 5.44. The highest BCUT2D eigenvalue weighted by Gasteiger charge is 2.25. The number of ether oxygens (including phenoxy) is 1. The predicted molar refractivity (Wildman–Crippen MR) is 119 cm³/mol. The van der Waals surface area contributed by atoms with Gasteiger partial charge in [-0.05, 0) is 18.2 Å². The van der Waals surface area contributed by atoms with E-state index < -0.39 is 15.7 Å². The molecule has 0 spiro atoms. The van der Waals surface area contributed by atoms with Crippen LogP contribution in [0.1, 0.15) is 38.4 Å². The van der Waals surface area contributed by atoms with E-state index >= 15 is 0 Å². The number of nitrogens with one attached hydrogen (secondary N) is 1. The fourth-order valence-corrected chi connectivity index (χ4v) is 4.00. The molecule has 1 aliphatic rings. The zero-order valence-corrected chi connectivity index (χ0v) is 19.3. The van der Waals surface area contributed by atoms with Crippen molar-refractivity contribution in [3.8, 4) is 5.88 Å². The first-order valence-electron chi connectivity index (χ1n) is 10.5. The minimum absolute atomic E-state index is 0.0535. The monoisotopic (exact) mass is 476 g/mol. The number of benzene rings is 1. The van der Waals surface area contributed by atoms with Crippen LogP contribution >= 0.6 is 0 Å². The number of anilines is 3. The molecule has 0 unspecified atom stereocenters. The number of nitrogens with zero attached hydrogens (tertiary/aromatic N) is 5. The molecule has 0 saturated carbocycles. The number of rotatable bonds is 7. The van der Waals surface area contributed by atoms with Gasteiger partial charge < -0.3 is 19.5 Å². The second-order valence-corrected chi connectivity index (χ2v) is 10.2. The van der Waals surface area contributed by atoms with Gasteiger partial charge in [-0.25, -0.2) is 22.8 Å². The maximum absolute atomic E-state index is 14.3. The fraction of sp³-hybridized carbons (Fsp3) is 0.429. The molecule has 1 aromatic carbocycles. The SMILES string of the molecule is CC(C)c1noc(N2CCC(Oc3cc(Nc4ccc(S(C)(=O)=O)cc4F)ncn3)CC2)n1. The van der Waals surface area contributed by atoms with Crippen LogP contribution in [0.3, 0.4) is 0 Å². The van der Waals surface area contributed by atoms with Gasteiger partial charge in [-0.1, -0.05) is 19.0 Å². The quantitative estimate of drug-likeness (QED) is 0.543. The Morgan fingerprint density at radius 2 is 1.97 bits per heavy atom. The molecule has 1 fully saturated rings. The van der Waals surface area contributed by atoms with Crippen LogP contribution in [0.4, 0.5) is 21.9 Å². The Morgan fingerprint density at radius 1 is 1.21 bits per heavy atom. The van der Waals surface area contributed by atoms with E-state index in [-0.39, 0.29) is 22.6 Å². The van der Waals surface area contributed by atoms with E-state index in [0.29, 0.717) is 36.6 Å². The molecule has 0 atom stereocenters. The van der Waals surface area contributed by atoms with Gasteiger partial charge in [-0.3, -0.25) is 0 Å². The molecule has 1 aliphatic heterocycles. The van der Waals surface area contributed by atoms with E-state index in [4.69, 9.17) is 9.26 Å². The highest BCUT2D eigenvalue weighted by Crippen LogP contribution is 2.25. The highest BCUT2D eigenvalue weighted by atomic mass is 32.2. The molecule has 3 heterocycles. The fourth-order valence-electron chi connectivity index (χ4n) is 3.36. The highest BCUT2D eigenvalue weighted by molar-refractivity contribution is 7.90. The zero-order valence-electron chi connectivity index (χ0n) is 18.5. The van der Waals surface area contributed by atoms with Crippen LogP contribution in [0.25, 0.3) is 0 Å². The van der Waals surface area contributed by atoms with E-state index in [1.165, 1.54) is 18.5 Å². The van der Waals surface area contributed by atoms with Gasteiger partial charge in [0.25, 0.3) is 0 Å². The van der Waals surface area contributed by atoms with Gasteiger partial charge in [0.1, 0.15) is 24.1 Å². The van der Waals surface area contributed by atoms with E-state index in [1.54, 1.807) is 6.07 Å². The van der Waals surface area contributed by atoms with Gasteiger partial charge in [-0.15, -0.1) is 0 Å². The Kier molecular flexibility index (Phi) is 6.45. The molecule has 0 amide bonds. The average molecular weight is 477 g/mol. The second-order valence-electron chi connectivity index (χ2n) is 8.17. The predicted octanol–water partition coefficient (Wildman–Crippen LogP) is 3.32. The first-order chi connectivity index (χ1) is 15.7. The average Bonchev–Trinajstić information content (AvgIpc) is 3.26. The lowest BCUT2D eigenvalue weighted by Crippen LogP contribution is -2.38. The maximum atomic E-state index is 14.3. The molecule has 1 N–H and O–H groups in total. The van der Waals surface area contributed by atoms with Crippen LogP contribution < -0.4 is 15.0 Å². The number of sulfone groups is 1. The normalized spacial score (nSPS) is 15.1. The lowest BCUT2D eigenvalue weighted by Gasteiger charge is -2.30. The number of hydrogen-bond donors (Lipinski definition) is 1. The lowest BCUT2D eigenvalue weighted by atomic mass is 10.1. The zero-order chi connectivity index (χ0) is 23.6. The van der Waals surface area contributed by atoms with Crippen molar-refractivity contribution in [2.24, 2.45) is 0 Å². The van der Waals surface area contributed by atoms with Crippen LogP contribution in [-0.2, 0) is 9.84 Å². The topological polar surface area (TPSA) is 123 Å². The van der Waals surface area contributed by atoms with Crippen LogP contribution in [0.5, 0.6) is 5.88 Å². The second kappa shape index (κ2) is 9.30. The van der Waals surface area contributed by atoms with Gasteiger partial charge in [0.05, 0.1) is 10.6 Å². The van der Waals surface area contributed by atoms with E-state index in [1.807, 2.05) is 18.7 Å². The maximum Gasteiger partial charge on any atom is 0.324 e. The first-order valence-corrected chi connectivity index (χ1v) is 12.4. The smallest absolute Gasteiger partial charge is 0.324 e. The third-order valence-corrected chi connectivity index (χ3v) is 6.33. The number of hydrogen-bond acceptors (Lipinski definition) is 10. The minimum Gasteiger partial charge on any atom is -0.474 e. The summed E-state index contributed by atoms with van der Waals surface area (Å²) in [6, 6.07) is 5.75. The number of halogens is 1. The molecular formula is C21H25FN6O4S. The molecule has 1 saturated heterocycles. The molecule has 10 nitrogen and oxygen atoms in total. The summed E-state index contributed by atoms with van der Waals surface area (Å²) in [5, 5.41) is 6.84. The van der Waals surface area contributed by atoms with Crippen molar-refractivity contribution in [3.05, 3.63) is 42.2 Å². The van der Waals surface area contributed by atoms with Crippen molar-refractivity contribution in [2.75, 3.05) is 29.6 Å². The van der Waals surface area contributed by atoms with Crippen molar-refractivity contribution >= 4 is 27.4 Å². The van der Waals surface area contributed by atoms with E-state index in [0.717, 1.165) is 25.2 Å². The number of piperidine rings is 1. The van der Waals surface area contributed by atoms with Crippen LogP contribution in [0, 0.1) is 5.82 Å². The molecule has 4 rings (SSSR count). The van der Waals surface area contributed by atoms with Gasteiger partial charge in [-0.2, -0.15) is 4.98 Å². The first kappa shape index (κ1) is 22.9. The van der Waals surface area contributed by atoms with E-state index in [2.05, 4.69) is 25.4 Å². The molecule has 3 aromatic rings. The molecule has 0 bridgehead atoms. The summed E-state index contributed by atoms with van der Waals surface area (Å²) in [5.41, 5.74) is 0.0979. The Labute approximate surface area is 191 Å². The molecule has 33 heavy (non-hydrogen) atoms. The van der Waals surface area contributed by atoms with E-state index in [9.17, 15) is 12.8 Å². The van der Waals surface area contributed by atoms with Gasteiger partial charge >= 0.3 is 6.01 Å². The standard InChI is InChI=1S/C21H25FN6O4S/c1-13(2)20-26-21(32-27-20)28-8-6-14(7-9-28)31-19-11-18(23-12-24-19)25-17-5-4-15(10-16(17)22)33(3,29)30/h4-5,10-14H,6-9H2,1-3H3,(H,23,24,25). The lowest BCUT2D eigenvalue weighted by molar-refractivity contribution is 0.161. The Balaban J connectivity index is 1.36. The molecule has 176 valence electrons. The van der Waals surface area contributed by atoms with Crippen LogP contribution in [0.2, 0.25) is 0 Å². The Hall–Kier alpha value is -3.28. The summed E-state index contributed by atoms with van der Waals surface area (Å²) < 4.78 is 48.9. The molecular weight excluding hydrogens is 451 g/mol. The van der Waals surface area contributed by atoms with Crippen molar-refractivity contribution in [2.45, 2.75) is 43.6 Å². The minimum atomic E-state index is -3.49. The third-order valence-electron chi connectivity index (χ3n) is 5.22. The summed E-state index contributed by atoms with van der Waals surface area (Å²) in [5.74, 6) is 0.879. The van der Waals surface area contributed by atoms with Crippen molar-refractivity contribution in [3.63, 3.8) is 0 Å². The summed E-state index contributed by atoms with van der Waals surface area (Å²) in [6.07, 6.45) is 3.78. The van der Waals surface area contributed by atoms with Gasteiger partial charge in [0.2, 0.25) is 5.88 Å². The number of aromatic nitrogens is 4. The third kappa shape index (κ3) is 5.56. The van der Waals surface area contributed by atoms with Crippen molar-refractivity contribution in [1.82, 2.24) is 20.1 Å². The van der Waals surface area contributed by atoms with Crippen molar-refractivity contribution < 1.29 is 22.1 Å². The Bertz CT molecular complexity index is 1220. The molecule has 12 heteroatoms. The van der Waals surface area contributed by atoms with Gasteiger partial charge in [0.15, 0.2) is 15.7 Å². The van der Waals surface area contributed by atoms with Crippen molar-refractivity contribution in [1.29, 1.82) is 0 Å². The molecule has 2 aromatic heterocycles. The Morgan fingerprint density at radius 3 is 2.61 bits per heavy atom. The summed E-state index contributed by atoms with van der Waals surface area (Å²) in [4.78, 5) is 14.6. The van der Waals surface area contributed by atoms with Gasteiger partial charge in [0, 0.05) is 44.2 Å². The summed E-state index contributed by atoms with van der Waals surface area (Å²) >= 11 is 0. The molecule has 0 radical (unpaired) electrons. The van der Waals surface area contributed by atoms with Crippen LogP contribution in [0.15, 0.2) is 40.0 Å². The summed E-state index contributed by atoms with van der Waals surface area (Å²) in [7, 11) is -3.49. The molecule has 0 aliphatic carbocycles. The van der Waals surface area contributed by atoms with Crippen LogP contribution in [-0.4, -0.2) is 54.0 Å². The largest absolute Gasteiger partial charge is 0.474 e.